The van der Waals surface area contributed by atoms with Crippen LogP contribution in [0.15, 0.2) is 0 Å². The number of hydrogen-bond acceptors (Lipinski definition) is 4. The first-order valence-corrected chi connectivity index (χ1v) is 6.32. The molecule has 3 N–H and O–H groups in total. The zero-order valence-corrected chi connectivity index (χ0v) is 12.0. The second-order valence-corrected chi connectivity index (χ2v) is 3.78. The zero-order valence-electron chi connectivity index (χ0n) is 12.0. The number of amides is 3. The van der Waals surface area contributed by atoms with E-state index in [9.17, 15) is 9.59 Å². The van der Waals surface area contributed by atoms with Crippen LogP contribution in [0, 0.1) is 0 Å². The molecular formula is C12H25N3O4. The van der Waals surface area contributed by atoms with Crippen LogP contribution in [0.4, 0.5) is 4.79 Å². The number of nitrogens with two attached hydrogens (primary N) is 1. The molecule has 0 atom stereocenters. The lowest BCUT2D eigenvalue weighted by Crippen LogP contribution is -2.38. The molecule has 0 aliphatic carbocycles. The first-order valence-electron chi connectivity index (χ1n) is 6.32. The molecule has 7 heteroatoms. The molecule has 0 saturated carbocycles. The van der Waals surface area contributed by atoms with Gasteiger partial charge in [-0.1, -0.05) is 20.3 Å². The smallest absolute Gasteiger partial charge is 0.407 e. The summed E-state index contributed by atoms with van der Waals surface area (Å²) in [6.07, 6.45) is 3.06. The monoisotopic (exact) mass is 275 g/mol. The Hall–Kier alpha value is -1.79. The van der Waals surface area contributed by atoms with Crippen molar-refractivity contribution in [1.82, 2.24) is 10.2 Å². The van der Waals surface area contributed by atoms with Gasteiger partial charge in [0.05, 0.1) is 7.11 Å². The maximum absolute atomic E-state index is 11.3. The van der Waals surface area contributed by atoms with Crippen LogP contribution in [0.2, 0.25) is 0 Å². The first kappa shape index (κ1) is 19.5. The van der Waals surface area contributed by atoms with Crippen molar-refractivity contribution in [3.8, 4) is 0 Å². The lowest BCUT2D eigenvalue weighted by molar-refractivity contribution is -0.129. The largest absolute Gasteiger partial charge is 0.453 e. The van der Waals surface area contributed by atoms with Crippen molar-refractivity contribution >= 4 is 18.4 Å². The summed E-state index contributed by atoms with van der Waals surface area (Å²) in [5, 5.41) is 2.36. The summed E-state index contributed by atoms with van der Waals surface area (Å²) in [5.74, 6) is -0.0390. The number of methoxy groups -OCH3 is 1. The number of hydrogen-bond donors (Lipinski definition) is 2. The summed E-state index contributed by atoms with van der Waals surface area (Å²) in [6, 6.07) is 0. The first-order chi connectivity index (χ1) is 9.06. The summed E-state index contributed by atoms with van der Waals surface area (Å²) >= 11 is 0. The van der Waals surface area contributed by atoms with Crippen LogP contribution in [0.1, 0.15) is 33.1 Å². The summed E-state index contributed by atoms with van der Waals surface area (Å²) in [7, 11) is 1.27. The van der Waals surface area contributed by atoms with E-state index in [4.69, 9.17) is 4.79 Å². The van der Waals surface area contributed by atoms with Crippen molar-refractivity contribution in [1.29, 1.82) is 0 Å². The van der Waals surface area contributed by atoms with E-state index in [1.54, 1.807) is 4.90 Å². The van der Waals surface area contributed by atoms with Crippen LogP contribution in [0.25, 0.3) is 0 Å². The summed E-state index contributed by atoms with van der Waals surface area (Å²) in [4.78, 5) is 32.3. The Balaban J connectivity index is 0. The Bertz CT molecular complexity index is 253. The highest BCUT2D eigenvalue weighted by Crippen LogP contribution is 2.06. The lowest BCUT2D eigenvalue weighted by Gasteiger charge is -2.14. The van der Waals surface area contributed by atoms with E-state index in [2.05, 4.69) is 29.6 Å². The highest BCUT2D eigenvalue weighted by Gasteiger charge is 2.17. The third-order valence-electron chi connectivity index (χ3n) is 2.03. The number of ether oxygens (including phenoxy) is 1. The highest BCUT2D eigenvalue weighted by atomic mass is 16.5. The maximum Gasteiger partial charge on any atom is 0.407 e. The van der Waals surface area contributed by atoms with Gasteiger partial charge in [0.15, 0.2) is 0 Å². The Labute approximate surface area is 114 Å². The SMILES string of the molecule is CCC.COC(=O)NCC(=O)N1CCCC1.NC=O. The van der Waals surface area contributed by atoms with E-state index in [1.165, 1.54) is 13.5 Å². The van der Waals surface area contributed by atoms with E-state index in [0.29, 0.717) is 0 Å². The second kappa shape index (κ2) is 14.3. The van der Waals surface area contributed by atoms with Crippen LogP contribution in [0.5, 0.6) is 0 Å². The van der Waals surface area contributed by atoms with Crippen LogP contribution in [-0.4, -0.2) is 50.1 Å². The van der Waals surface area contributed by atoms with E-state index >= 15 is 0 Å². The molecule has 0 aromatic heterocycles. The number of nitrogens with zero attached hydrogens (tertiary/aromatic N) is 1. The van der Waals surface area contributed by atoms with Gasteiger partial charge in [0.1, 0.15) is 6.54 Å². The molecule has 1 aliphatic heterocycles. The number of rotatable bonds is 2. The summed E-state index contributed by atoms with van der Waals surface area (Å²) in [5.41, 5.74) is 4.17. The number of carbonyl (C=O) groups is 3. The Morgan fingerprint density at radius 3 is 2.11 bits per heavy atom. The van der Waals surface area contributed by atoms with Gasteiger partial charge in [-0.15, -0.1) is 0 Å². The van der Waals surface area contributed by atoms with Gasteiger partial charge in [0.2, 0.25) is 12.3 Å². The number of carbonyl (C=O) groups excluding carboxylic acids is 3. The van der Waals surface area contributed by atoms with Crippen LogP contribution >= 0.6 is 0 Å². The third kappa shape index (κ3) is 12.5. The van der Waals surface area contributed by atoms with Gasteiger partial charge < -0.3 is 20.7 Å². The molecule has 112 valence electrons. The fourth-order valence-electron chi connectivity index (χ4n) is 1.30. The molecule has 0 aromatic carbocycles. The standard InChI is InChI=1S/C8H14N2O3.C3H8.CH3NO/c1-13-8(12)9-6-7(11)10-4-2-3-5-10;1-3-2;2-1-3/h2-6H2,1H3,(H,9,12);3H2,1-2H3;1H,(H2,2,3). The minimum Gasteiger partial charge on any atom is -0.453 e. The molecule has 1 saturated heterocycles. The minimum absolute atomic E-state index is 0.0344. The molecule has 0 spiro atoms. The van der Waals surface area contributed by atoms with Crippen molar-refractivity contribution in [3.05, 3.63) is 0 Å². The van der Waals surface area contributed by atoms with E-state index < -0.39 is 6.09 Å². The van der Waals surface area contributed by atoms with Gasteiger partial charge in [0, 0.05) is 13.1 Å². The average molecular weight is 275 g/mol. The van der Waals surface area contributed by atoms with Gasteiger partial charge >= 0.3 is 6.09 Å². The van der Waals surface area contributed by atoms with Crippen LogP contribution in [-0.2, 0) is 14.3 Å². The third-order valence-corrected chi connectivity index (χ3v) is 2.03. The number of likely N-dealkylation sites (tertiary alicyclic amines) is 1. The van der Waals surface area contributed by atoms with Crippen molar-refractivity contribution in [2.45, 2.75) is 33.1 Å². The molecular weight excluding hydrogens is 250 g/mol. The Morgan fingerprint density at radius 2 is 1.74 bits per heavy atom. The Kier molecular flexibility index (Phi) is 14.7. The molecule has 19 heavy (non-hydrogen) atoms. The van der Waals surface area contributed by atoms with Gasteiger partial charge in [-0.25, -0.2) is 4.79 Å². The summed E-state index contributed by atoms with van der Waals surface area (Å²) < 4.78 is 4.34. The molecule has 1 heterocycles. The van der Waals surface area contributed by atoms with Crippen molar-refractivity contribution < 1.29 is 19.1 Å². The molecule has 1 aliphatic rings. The topological polar surface area (TPSA) is 102 Å². The Morgan fingerprint density at radius 1 is 1.32 bits per heavy atom. The lowest BCUT2D eigenvalue weighted by atomic mass is 10.4. The van der Waals surface area contributed by atoms with Crippen LogP contribution < -0.4 is 11.1 Å². The van der Waals surface area contributed by atoms with Gasteiger partial charge in [-0.05, 0) is 12.8 Å². The molecule has 0 aromatic rings. The van der Waals surface area contributed by atoms with Crippen molar-refractivity contribution in [3.63, 3.8) is 0 Å². The van der Waals surface area contributed by atoms with Crippen molar-refractivity contribution in [2.75, 3.05) is 26.7 Å². The fourth-order valence-corrected chi connectivity index (χ4v) is 1.30. The number of nitrogens with one attached hydrogen (secondary N) is 1. The number of primary amides is 1. The van der Waals surface area contributed by atoms with E-state index in [-0.39, 0.29) is 18.9 Å². The van der Waals surface area contributed by atoms with Crippen molar-refractivity contribution in [2.24, 2.45) is 5.73 Å². The van der Waals surface area contributed by atoms with E-state index in [0.717, 1.165) is 25.9 Å². The molecule has 0 bridgehead atoms. The maximum atomic E-state index is 11.3. The molecule has 0 unspecified atom stereocenters. The van der Waals surface area contributed by atoms with E-state index in [1.807, 2.05) is 0 Å². The highest BCUT2D eigenvalue weighted by molar-refractivity contribution is 5.82. The average Bonchev–Trinajstić information content (AvgIpc) is 2.91. The molecule has 3 amide bonds. The zero-order chi connectivity index (χ0) is 15.1. The number of alkyl carbamates (subject to hydrolysis) is 1. The molecule has 1 fully saturated rings. The fraction of sp³-hybridized carbons (Fsp3) is 0.750. The predicted molar refractivity (Wildman–Crippen MR) is 72.4 cm³/mol. The second-order valence-electron chi connectivity index (χ2n) is 3.78. The molecule has 7 nitrogen and oxygen atoms in total. The predicted octanol–water partition coefficient (Wildman–Crippen LogP) is 0.483. The molecule has 0 radical (unpaired) electrons. The van der Waals surface area contributed by atoms with Crippen LogP contribution in [0.3, 0.4) is 0 Å². The normalized spacial score (nSPS) is 12.3. The summed E-state index contributed by atoms with van der Waals surface area (Å²) in [6.45, 7) is 5.90. The quantitative estimate of drug-likeness (QED) is 0.716. The van der Waals surface area contributed by atoms with Gasteiger partial charge in [-0.3, -0.25) is 9.59 Å². The minimum atomic E-state index is -0.562. The van der Waals surface area contributed by atoms with Gasteiger partial charge in [0.25, 0.3) is 0 Å². The van der Waals surface area contributed by atoms with Gasteiger partial charge in [-0.2, -0.15) is 0 Å². The molecule has 1 rings (SSSR count).